The topological polar surface area (TPSA) is 103 Å². The number of rotatable bonds is 6. The summed E-state index contributed by atoms with van der Waals surface area (Å²) in [5.41, 5.74) is 1.70. The van der Waals surface area contributed by atoms with E-state index in [9.17, 15) is 18.5 Å². The van der Waals surface area contributed by atoms with Gasteiger partial charge < -0.3 is 10.1 Å². The van der Waals surface area contributed by atoms with Crippen molar-refractivity contribution < 1.29 is 17.9 Å². The summed E-state index contributed by atoms with van der Waals surface area (Å²) in [6.45, 7) is 1.74. The second kappa shape index (κ2) is 9.58. The Morgan fingerprint density at radius 2 is 1.84 bits per heavy atom. The number of hydrogen-bond acceptors (Lipinski definition) is 7. The zero-order valence-corrected chi connectivity index (χ0v) is 19.6. The molecular weight excluding hydrogens is 448 g/mol. The molecular formula is C22H26N4O4S2. The number of carbonyl (C=O) groups is 1. The second-order valence-electron chi connectivity index (χ2n) is 7.93. The van der Waals surface area contributed by atoms with Gasteiger partial charge in [0.1, 0.15) is 16.8 Å². The van der Waals surface area contributed by atoms with E-state index in [0.717, 1.165) is 31.2 Å². The molecule has 0 unspecified atom stereocenters. The molecule has 0 saturated carbocycles. The molecule has 1 aromatic carbocycles. The minimum atomic E-state index is -3.58. The molecule has 1 fully saturated rings. The molecule has 32 heavy (non-hydrogen) atoms. The van der Waals surface area contributed by atoms with Crippen molar-refractivity contribution >= 4 is 32.3 Å². The van der Waals surface area contributed by atoms with E-state index in [1.807, 2.05) is 4.90 Å². The Morgan fingerprint density at radius 3 is 2.50 bits per heavy atom. The minimum absolute atomic E-state index is 0.170. The van der Waals surface area contributed by atoms with Gasteiger partial charge in [-0.3, -0.25) is 9.69 Å². The van der Waals surface area contributed by atoms with Crippen LogP contribution < -0.4 is 10.1 Å². The zero-order chi connectivity index (χ0) is 22.7. The molecule has 0 radical (unpaired) electrons. The number of benzene rings is 1. The van der Waals surface area contributed by atoms with Gasteiger partial charge >= 0.3 is 0 Å². The molecule has 1 N–H and O–H groups in total. The highest BCUT2D eigenvalue weighted by Crippen LogP contribution is 2.37. The lowest BCUT2D eigenvalue weighted by atomic mass is 9.96. The fourth-order valence-corrected chi connectivity index (χ4v) is 6.84. The molecule has 170 valence electrons. The second-order valence-corrected chi connectivity index (χ2v) is 11.0. The summed E-state index contributed by atoms with van der Waals surface area (Å²) >= 11 is 1.51. The van der Waals surface area contributed by atoms with Crippen molar-refractivity contribution in [1.82, 2.24) is 9.21 Å². The Balaban J connectivity index is 1.33. The van der Waals surface area contributed by atoms with Gasteiger partial charge in [-0.05, 0) is 55.5 Å². The van der Waals surface area contributed by atoms with Crippen LogP contribution in [0.4, 0.5) is 5.00 Å². The average molecular weight is 475 g/mol. The summed E-state index contributed by atoms with van der Waals surface area (Å²) in [4.78, 5) is 16.0. The van der Waals surface area contributed by atoms with Crippen LogP contribution in [0, 0.1) is 11.3 Å². The normalized spacial score (nSPS) is 17.4. The maximum Gasteiger partial charge on any atom is 0.243 e. The number of carbonyl (C=O) groups excluding carboxylic acids is 1. The lowest BCUT2D eigenvalue weighted by Gasteiger charge is -2.33. The first-order chi connectivity index (χ1) is 15.4. The number of hydrogen-bond donors (Lipinski definition) is 1. The number of sulfonamides is 1. The Labute approximate surface area is 192 Å². The van der Waals surface area contributed by atoms with Crippen molar-refractivity contribution in [3.05, 3.63) is 40.3 Å². The monoisotopic (exact) mass is 474 g/mol. The molecule has 0 spiro atoms. The van der Waals surface area contributed by atoms with Gasteiger partial charge in [-0.25, -0.2) is 8.42 Å². The van der Waals surface area contributed by atoms with Crippen LogP contribution in [0.15, 0.2) is 29.2 Å². The largest absolute Gasteiger partial charge is 0.497 e. The molecule has 1 saturated heterocycles. The summed E-state index contributed by atoms with van der Waals surface area (Å²) in [6, 6.07) is 8.61. The lowest BCUT2D eigenvalue weighted by Crippen LogP contribution is -2.50. The van der Waals surface area contributed by atoms with E-state index in [0.29, 0.717) is 42.5 Å². The van der Waals surface area contributed by atoms with Crippen LogP contribution in [0.2, 0.25) is 0 Å². The summed E-state index contributed by atoms with van der Waals surface area (Å²) in [5.74, 6) is 0.428. The molecule has 10 heteroatoms. The number of amides is 1. The van der Waals surface area contributed by atoms with Gasteiger partial charge in [0.25, 0.3) is 0 Å². The number of thiophene rings is 1. The molecule has 4 rings (SSSR count). The Bertz CT molecular complexity index is 1130. The van der Waals surface area contributed by atoms with E-state index in [1.54, 1.807) is 24.3 Å². The van der Waals surface area contributed by atoms with E-state index in [-0.39, 0.29) is 17.3 Å². The Hall–Kier alpha value is -2.45. The van der Waals surface area contributed by atoms with Gasteiger partial charge in [-0.15, -0.1) is 11.3 Å². The maximum atomic E-state index is 12.9. The van der Waals surface area contributed by atoms with Crippen LogP contribution in [0.5, 0.6) is 5.75 Å². The molecule has 2 aliphatic rings. The smallest absolute Gasteiger partial charge is 0.243 e. The highest BCUT2D eigenvalue weighted by Gasteiger charge is 2.29. The number of anilines is 1. The molecule has 1 aliphatic heterocycles. The van der Waals surface area contributed by atoms with E-state index in [2.05, 4.69) is 11.4 Å². The molecule has 1 aromatic heterocycles. The lowest BCUT2D eigenvalue weighted by molar-refractivity contribution is -0.117. The van der Waals surface area contributed by atoms with E-state index < -0.39 is 10.0 Å². The van der Waals surface area contributed by atoms with Gasteiger partial charge in [0.05, 0.1) is 24.1 Å². The van der Waals surface area contributed by atoms with Gasteiger partial charge in [-0.2, -0.15) is 9.57 Å². The van der Waals surface area contributed by atoms with E-state index in [4.69, 9.17) is 4.74 Å². The maximum absolute atomic E-state index is 12.9. The average Bonchev–Trinajstić information content (AvgIpc) is 3.16. The predicted molar refractivity (Wildman–Crippen MR) is 122 cm³/mol. The molecule has 8 nitrogen and oxygen atoms in total. The fraction of sp³-hybridized carbons (Fsp3) is 0.455. The van der Waals surface area contributed by atoms with Crippen LogP contribution in [-0.2, 0) is 27.7 Å². The minimum Gasteiger partial charge on any atom is -0.497 e. The van der Waals surface area contributed by atoms with Crippen molar-refractivity contribution in [1.29, 1.82) is 5.26 Å². The summed E-state index contributed by atoms with van der Waals surface area (Å²) in [5, 5.41) is 13.1. The van der Waals surface area contributed by atoms with Crippen LogP contribution in [0.1, 0.15) is 28.8 Å². The molecule has 0 atom stereocenters. The first kappa shape index (κ1) is 22.7. The number of nitriles is 1. The van der Waals surface area contributed by atoms with Crippen LogP contribution in [-0.4, -0.2) is 63.4 Å². The molecule has 0 bridgehead atoms. The quantitative estimate of drug-likeness (QED) is 0.690. The molecule has 1 amide bonds. The van der Waals surface area contributed by atoms with Gasteiger partial charge in [0, 0.05) is 31.1 Å². The van der Waals surface area contributed by atoms with E-state index >= 15 is 0 Å². The van der Waals surface area contributed by atoms with Crippen molar-refractivity contribution in [2.75, 3.05) is 45.2 Å². The first-order valence-electron chi connectivity index (χ1n) is 10.6. The standard InChI is InChI=1S/C22H26N4O4S2/c1-30-16-6-8-17(9-7-16)32(28,29)26-12-10-25(11-13-26)15-21(27)24-22-19(14-23)18-4-2-3-5-20(18)31-22/h6-9H,2-5,10-13,15H2,1H3,(H,24,27). The van der Waals surface area contributed by atoms with Gasteiger partial charge in [0.2, 0.25) is 15.9 Å². The van der Waals surface area contributed by atoms with Crippen molar-refractivity contribution in [3.8, 4) is 11.8 Å². The summed E-state index contributed by atoms with van der Waals surface area (Å²) in [6.07, 6.45) is 4.06. The fourth-order valence-electron chi connectivity index (χ4n) is 4.17. The number of nitrogens with one attached hydrogen (secondary N) is 1. The number of fused-ring (bicyclic) bond motifs is 1. The van der Waals surface area contributed by atoms with Crippen molar-refractivity contribution in [2.24, 2.45) is 0 Å². The van der Waals surface area contributed by atoms with Gasteiger partial charge in [-0.1, -0.05) is 0 Å². The number of methoxy groups -OCH3 is 1. The summed E-state index contributed by atoms with van der Waals surface area (Å²) < 4.78 is 32.3. The number of aryl methyl sites for hydroxylation is 1. The Morgan fingerprint density at radius 1 is 1.16 bits per heavy atom. The zero-order valence-electron chi connectivity index (χ0n) is 18.0. The van der Waals surface area contributed by atoms with Crippen molar-refractivity contribution in [2.45, 2.75) is 30.6 Å². The number of nitrogens with zero attached hydrogens (tertiary/aromatic N) is 3. The summed E-state index contributed by atoms with van der Waals surface area (Å²) in [7, 11) is -2.05. The molecule has 2 heterocycles. The third kappa shape index (κ3) is 4.66. The number of piperazine rings is 1. The third-order valence-electron chi connectivity index (χ3n) is 5.93. The first-order valence-corrected chi connectivity index (χ1v) is 12.9. The van der Waals surface area contributed by atoms with Crippen LogP contribution in [0.3, 0.4) is 0 Å². The predicted octanol–water partition coefficient (Wildman–Crippen LogP) is 2.45. The highest BCUT2D eigenvalue weighted by atomic mass is 32.2. The highest BCUT2D eigenvalue weighted by molar-refractivity contribution is 7.89. The van der Waals surface area contributed by atoms with E-state index in [1.165, 1.54) is 27.6 Å². The van der Waals surface area contributed by atoms with Crippen molar-refractivity contribution in [3.63, 3.8) is 0 Å². The Kier molecular flexibility index (Phi) is 6.81. The van der Waals surface area contributed by atoms with Crippen LogP contribution >= 0.6 is 11.3 Å². The van der Waals surface area contributed by atoms with Gasteiger partial charge in [0.15, 0.2) is 0 Å². The SMILES string of the molecule is COc1ccc(S(=O)(=O)N2CCN(CC(=O)Nc3sc4c(c3C#N)CCCC4)CC2)cc1. The van der Waals surface area contributed by atoms with Crippen LogP contribution in [0.25, 0.3) is 0 Å². The molecule has 2 aromatic rings. The number of ether oxygens (including phenoxy) is 1. The molecule has 1 aliphatic carbocycles. The third-order valence-corrected chi connectivity index (χ3v) is 9.05.